The molecule has 1 atom stereocenters. The number of carbonyl (C=O) groups excluding carboxylic acids is 1. The number of aryl methyl sites for hydroxylation is 2. The summed E-state index contributed by atoms with van der Waals surface area (Å²) in [6.07, 6.45) is 3.09. The second-order valence-electron chi connectivity index (χ2n) is 6.88. The molecule has 0 saturated carbocycles. The molecule has 3 rings (SSSR count). The van der Waals surface area contributed by atoms with Crippen molar-refractivity contribution in [3.8, 4) is 0 Å². The number of fused-ring (bicyclic) bond motifs is 1. The van der Waals surface area contributed by atoms with Crippen LogP contribution < -0.4 is 10.2 Å². The van der Waals surface area contributed by atoms with E-state index >= 15 is 0 Å². The van der Waals surface area contributed by atoms with Crippen molar-refractivity contribution in [1.82, 2.24) is 0 Å². The molecule has 0 saturated heterocycles. The third-order valence-corrected chi connectivity index (χ3v) is 5.97. The van der Waals surface area contributed by atoms with Crippen LogP contribution >= 0.6 is 0 Å². The van der Waals surface area contributed by atoms with E-state index in [0.29, 0.717) is 5.69 Å². The first-order chi connectivity index (χ1) is 12.3. The van der Waals surface area contributed by atoms with Crippen LogP contribution in [0.25, 0.3) is 0 Å². The molecule has 0 spiro atoms. The van der Waals surface area contributed by atoms with Gasteiger partial charge in [-0.3, -0.25) is 4.79 Å². The molecular weight excluding hydrogens is 348 g/mol. The first-order valence-electron chi connectivity index (χ1n) is 8.72. The van der Waals surface area contributed by atoms with Crippen LogP contribution in [0.5, 0.6) is 0 Å². The van der Waals surface area contributed by atoms with Crippen molar-refractivity contribution in [1.29, 1.82) is 0 Å². The molecule has 138 valence electrons. The van der Waals surface area contributed by atoms with Crippen LogP contribution in [0.1, 0.15) is 24.5 Å². The fraction of sp³-hybridized carbons (Fsp3) is 0.350. The lowest BCUT2D eigenvalue weighted by Gasteiger charge is -2.35. The maximum Gasteiger partial charge on any atom is 0.246 e. The van der Waals surface area contributed by atoms with Gasteiger partial charge in [-0.15, -0.1) is 0 Å². The minimum absolute atomic E-state index is 0.0196. The average Bonchev–Trinajstić information content (AvgIpc) is 2.59. The predicted molar refractivity (Wildman–Crippen MR) is 104 cm³/mol. The number of para-hydroxylation sites is 1. The van der Waals surface area contributed by atoms with E-state index in [0.717, 1.165) is 24.1 Å². The SMILES string of the molecule is Cc1ccc(S(C)(=O)=O)cc1NCC(=O)N1c2ccccc2CCC1C. The van der Waals surface area contributed by atoms with Crippen molar-refractivity contribution < 1.29 is 13.2 Å². The van der Waals surface area contributed by atoms with Crippen LogP contribution in [-0.4, -0.2) is 33.2 Å². The van der Waals surface area contributed by atoms with Crippen molar-refractivity contribution in [2.75, 3.05) is 23.0 Å². The maximum absolute atomic E-state index is 12.9. The monoisotopic (exact) mass is 372 g/mol. The number of hydrogen-bond donors (Lipinski definition) is 1. The summed E-state index contributed by atoms with van der Waals surface area (Å²) >= 11 is 0. The standard InChI is InChI=1S/C20H24N2O3S/c1-14-8-11-17(26(3,24)25)12-18(14)21-13-20(23)22-15(2)9-10-16-6-4-5-7-19(16)22/h4-8,11-12,15,21H,9-10,13H2,1-3H3. The Morgan fingerprint density at radius 1 is 1.23 bits per heavy atom. The summed E-state index contributed by atoms with van der Waals surface area (Å²) in [5, 5.41) is 3.12. The molecule has 0 aliphatic carbocycles. The molecule has 26 heavy (non-hydrogen) atoms. The molecule has 1 N–H and O–H groups in total. The Balaban J connectivity index is 1.80. The zero-order valence-corrected chi connectivity index (χ0v) is 16.1. The van der Waals surface area contributed by atoms with Gasteiger partial charge in [0.15, 0.2) is 9.84 Å². The third-order valence-electron chi connectivity index (χ3n) is 4.86. The molecular formula is C20H24N2O3S. The maximum atomic E-state index is 12.9. The zero-order chi connectivity index (χ0) is 18.9. The van der Waals surface area contributed by atoms with Crippen LogP contribution in [0.15, 0.2) is 47.4 Å². The van der Waals surface area contributed by atoms with Crippen molar-refractivity contribution in [2.45, 2.75) is 37.6 Å². The van der Waals surface area contributed by atoms with Gasteiger partial charge >= 0.3 is 0 Å². The number of hydrogen-bond acceptors (Lipinski definition) is 4. The van der Waals surface area contributed by atoms with Crippen molar-refractivity contribution >= 4 is 27.1 Å². The molecule has 5 nitrogen and oxygen atoms in total. The molecule has 6 heteroatoms. The van der Waals surface area contributed by atoms with Crippen LogP contribution in [0.4, 0.5) is 11.4 Å². The van der Waals surface area contributed by atoms with Gasteiger partial charge in [-0.25, -0.2) is 8.42 Å². The summed E-state index contributed by atoms with van der Waals surface area (Å²) in [5.74, 6) is -0.0196. The fourth-order valence-corrected chi connectivity index (χ4v) is 3.99. The molecule has 0 radical (unpaired) electrons. The molecule has 0 bridgehead atoms. The largest absolute Gasteiger partial charge is 0.376 e. The van der Waals surface area contributed by atoms with Crippen LogP contribution in [-0.2, 0) is 21.1 Å². The van der Waals surface area contributed by atoms with Crippen LogP contribution in [0, 0.1) is 6.92 Å². The second kappa shape index (κ2) is 7.11. The van der Waals surface area contributed by atoms with Gasteiger partial charge in [-0.1, -0.05) is 24.3 Å². The molecule has 2 aromatic rings. The summed E-state index contributed by atoms with van der Waals surface area (Å²) in [6.45, 7) is 4.06. The lowest BCUT2D eigenvalue weighted by Crippen LogP contribution is -2.44. The van der Waals surface area contributed by atoms with E-state index < -0.39 is 9.84 Å². The second-order valence-corrected chi connectivity index (χ2v) is 8.90. The van der Waals surface area contributed by atoms with Gasteiger partial charge in [-0.2, -0.15) is 0 Å². The van der Waals surface area contributed by atoms with Crippen molar-refractivity contribution in [2.24, 2.45) is 0 Å². The van der Waals surface area contributed by atoms with Gasteiger partial charge < -0.3 is 10.2 Å². The smallest absolute Gasteiger partial charge is 0.246 e. The predicted octanol–water partition coefficient (Wildman–Crippen LogP) is 3.18. The molecule has 1 aliphatic heterocycles. The summed E-state index contributed by atoms with van der Waals surface area (Å²) in [6, 6.07) is 13.1. The zero-order valence-electron chi connectivity index (χ0n) is 15.3. The normalized spacial score (nSPS) is 16.9. The topological polar surface area (TPSA) is 66.5 Å². The number of benzene rings is 2. The van der Waals surface area contributed by atoms with Crippen LogP contribution in [0.2, 0.25) is 0 Å². The molecule has 1 aliphatic rings. The number of carbonyl (C=O) groups is 1. The van der Waals surface area contributed by atoms with E-state index in [4.69, 9.17) is 0 Å². The average molecular weight is 372 g/mol. The molecule has 1 amide bonds. The Kier molecular flexibility index (Phi) is 5.05. The van der Waals surface area contributed by atoms with Crippen molar-refractivity contribution in [3.63, 3.8) is 0 Å². The highest BCUT2D eigenvalue weighted by molar-refractivity contribution is 7.90. The van der Waals surface area contributed by atoms with E-state index in [2.05, 4.69) is 18.3 Å². The van der Waals surface area contributed by atoms with Crippen LogP contribution in [0.3, 0.4) is 0 Å². The number of sulfone groups is 1. The summed E-state index contributed by atoms with van der Waals surface area (Å²) < 4.78 is 23.5. The number of amides is 1. The Bertz CT molecular complexity index is 938. The van der Waals surface area contributed by atoms with E-state index in [9.17, 15) is 13.2 Å². The number of anilines is 2. The summed E-state index contributed by atoms with van der Waals surface area (Å²) in [4.78, 5) is 15.0. The van der Waals surface area contributed by atoms with E-state index in [-0.39, 0.29) is 23.4 Å². The van der Waals surface area contributed by atoms with Crippen molar-refractivity contribution in [3.05, 3.63) is 53.6 Å². The molecule has 0 fully saturated rings. The van der Waals surface area contributed by atoms with Gasteiger partial charge in [0.2, 0.25) is 5.91 Å². The summed E-state index contributed by atoms with van der Waals surface area (Å²) in [7, 11) is -3.29. The molecule has 0 aromatic heterocycles. The van der Waals surface area contributed by atoms with Gasteiger partial charge in [-0.05, 0) is 56.0 Å². The van der Waals surface area contributed by atoms with Gasteiger partial charge in [0.1, 0.15) is 0 Å². The van der Waals surface area contributed by atoms with Gasteiger partial charge in [0, 0.05) is 23.7 Å². The third kappa shape index (κ3) is 3.75. The molecule has 1 heterocycles. The lowest BCUT2D eigenvalue weighted by atomic mass is 9.96. The Hall–Kier alpha value is -2.34. The van der Waals surface area contributed by atoms with Gasteiger partial charge in [0.25, 0.3) is 0 Å². The highest BCUT2D eigenvalue weighted by Gasteiger charge is 2.27. The number of rotatable bonds is 4. The minimum atomic E-state index is -3.29. The van der Waals surface area contributed by atoms with E-state index in [1.165, 1.54) is 11.8 Å². The molecule has 1 unspecified atom stereocenters. The Morgan fingerprint density at radius 2 is 1.96 bits per heavy atom. The van der Waals surface area contributed by atoms with E-state index in [1.54, 1.807) is 18.2 Å². The summed E-state index contributed by atoms with van der Waals surface area (Å²) in [5.41, 5.74) is 3.73. The molecule has 2 aromatic carbocycles. The Morgan fingerprint density at radius 3 is 2.69 bits per heavy atom. The minimum Gasteiger partial charge on any atom is -0.376 e. The number of nitrogens with one attached hydrogen (secondary N) is 1. The lowest BCUT2D eigenvalue weighted by molar-refractivity contribution is -0.117. The first kappa shape index (κ1) is 18.5. The highest BCUT2D eigenvalue weighted by atomic mass is 32.2. The first-order valence-corrected chi connectivity index (χ1v) is 10.6. The van der Waals surface area contributed by atoms with Gasteiger partial charge in [0.05, 0.1) is 11.4 Å². The Labute approximate surface area is 154 Å². The quantitative estimate of drug-likeness (QED) is 0.895. The fourth-order valence-electron chi connectivity index (χ4n) is 3.35. The van der Waals surface area contributed by atoms with E-state index in [1.807, 2.05) is 30.0 Å². The number of nitrogens with zero attached hydrogens (tertiary/aromatic N) is 1. The highest BCUT2D eigenvalue weighted by Crippen LogP contribution is 2.30.